The lowest BCUT2D eigenvalue weighted by atomic mass is 10.2. The minimum Gasteiger partial charge on any atom is -0.304 e. The zero-order valence-corrected chi connectivity index (χ0v) is 13.9. The van der Waals surface area contributed by atoms with Crippen LogP contribution in [-0.2, 0) is 10.0 Å². The molecule has 4 nitrogen and oxygen atoms in total. The monoisotopic (exact) mass is 346 g/mol. The van der Waals surface area contributed by atoms with Gasteiger partial charge >= 0.3 is 0 Å². The van der Waals surface area contributed by atoms with Crippen LogP contribution in [0.15, 0.2) is 21.5 Å². The molecule has 0 atom stereocenters. The molecule has 0 unspecified atom stereocenters. The highest BCUT2D eigenvalue weighted by Crippen LogP contribution is 2.27. The minimum absolute atomic E-state index is 0.428. The Hall–Kier alpha value is -0.430. The summed E-state index contributed by atoms with van der Waals surface area (Å²) < 4.78 is 27.9. The zero-order chi connectivity index (χ0) is 14.2. The van der Waals surface area contributed by atoms with E-state index in [-0.39, 0.29) is 0 Å². The van der Waals surface area contributed by atoms with Crippen LogP contribution in [0.4, 0.5) is 0 Å². The molecule has 1 heterocycles. The molecule has 1 aliphatic rings. The fraction of sp³-hybridized carbons (Fsp3) is 0.538. The van der Waals surface area contributed by atoms with Crippen LogP contribution >= 0.6 is 15.9 Å². The Morgan fingerprint density at radius 3 is 2.21 bits per heavy atom. The van der Waals surface area contributed by atoms with Gasteiger partial charge in [-0.1, -0.05) is 15.9 Å². The summed E-state index contributed by atoms with van der Waals surface area (Å²) in [6, 6.07) is 3.63. The molecule has 1 aromatic rings. The Bertz CT molecular complexity index is 579. The normalized spacial score (nSPS) is 18.7. The van der Waals surface area contributed by atoms with Crippen molar-refractivity contribution in [2.45, 2.75) is 18.7 Å². The van der Waals surface area contributed by atoms with Crippen molar-refractivity contribution in [2.75, 3.05) is 33.2 Å². The third-order valence-electron chi connectivity index (χ3n) is 3.54. The van der Waals surface area contributed by atoms with Crippen molar-refractivity contribution in [1.82, 2.24) is 9.21 Å². The average molecular weight is 347 g/mol. The molecule has 2 rings (SSSR count). The molecule has 0 spiro atoms. The minimum atomic E-state index is -3.37. The Balaban J connectivity index is 2.37. The lowest BCUT2D eigenvalue weighted by molar-refractivity contribution is 0.222. The van der Waals surface area contributed by atoms with Gasteiger partial charge in [-0.25, -0.2) is 8.42 Å². The maximum Gasteiger partial charge on any atom is 0.243 e. The van der Waals surface area contributed by atoms with Crippen LogP contribution in [0.1, 0.15) is 11.1 Å². The van der Waals surface area contributed by atoms with Gasteiger partial charge in [-0.3, -0.25) is 0 Å². The van der Waals surface area contributed by atoms with Gasteiger partial charge in [0.1, 0.15) is 0 Å². The van der Waals surface area contributed by atoms with Gasteiger partial charge in [-0.2, -0.15) is 4.31 Å². The van der Waals surface area contributed by atoms with Gasteiger partial charge in [0.15, 0.2) is 0 Å². The molecule has 1 fully saturated rings. The maximum absolute atomic E-state index is 12.7. The highest BCUT2D eigenvalue weighted by atomic mass is 79.9. The number of halogens is 1. The van der Waals surface area contributed by atoms with E-state index in [1.807, 2.05) is 27.0 Å². The SMILES string of the molecule is Cc1cc(S(=O)(=O)N2CCN(C)CC2)c(C)cc1Br. The number of rotatable bonds is 2. The summed E-state index contributed by atoms with van der Waals surface area (Å²) in [5, 5.41) is 0. The molecule has 0 radical (unpaired) electrons. The van der Waals surface area contributed by atoms with E-state index in [0.29, 0.717) is 18.0 Å². The van der Waals surface area contributed by atoms with Crippen molar-refractivity contribution < 1.29 is 8.42 Å². The van der Waals surface area contributed by atoms with E-state index in [1.165, 1.54) is 0 Å². The number of benzene rings is 1. The second-order valence-corrected chi connectivity index (χ2v) is 7.83. The lowest BCUT2D eigenvalue weighted by Crippen LogP contribution is -2.47. The predicted octanol–water partition coefficient (Wildman–Crippen LogP) is 2.00. The Labute approximate surface area is 123 Å². The van der Waals surface area contributed by atoms with Gasteiger partial charge in [-0.15, -0.1) is 0 Å². The van der Waals surface area contributed by atoms with E-state index in [1.54, 1.807) is 10.4 Å². The molecule has 0 aromatic heterocycles. The molecule has 0 saturated carbocycles. The van der Waals surface area contributed by atoms with Crippen LogP contribution in [0.2, 0.25) is 0 Å². The summed E-state index contributed by atoms with van der Waals surface area (Å²) in [7, 11) is -1.36. The van der Waals surface area contributed by atoms with Gasteiger partial charge < -0.3 is 4.90 Å². The number of nitrogens with zero attached hydrogens (tertiary/aromatic N) is 2. The topological polar surface area (TPSA) is 40.6 Å². The van der Waals surface area contributed by atoms with Gasteiger partial charge in [-0.05, 0) is 44.2 Å². The average Bonchev–Trinajstić information content (AvgIpc) is 2.34. The summed E-state index contributed by atoms with van der Waals surface area (Å²) in [6.45, 7) is 6.45. The molecule has 1 aliphatic heterocycles. The lowest BCUT2D eigenvalue weighted by Gasteiger charge is -2.32. The first-order chi connectivity index (χ1) is 8.82. The standard InChI is InChI=1S/C13H19BrN2O2S/c1-10-9-13(11(2)8-12(10)14)19(17,18)16-6-4-15(3)5-7-16/h8-9H,4-7H2,1-3H3. The third-order valence-corrected chi connectivity index (χ3v) is 6.43. The van der Waals surface area contributed by atoms with Crippen molar-refractivity contribution in [3.63, 3.8) is 0 Å². The number of piperazine rings is 1. The summed E-state index contributed by atoms with van der Waals surface area (Å²) >= 11 is 3.44. The molecule has 0 N–H and O–H groups in total. The van der Waals surface area contributed by atoms with E-state index >= 15 is 0 Å². The first-order valence-corrected chi connectivity index (χ1v) is 8.51. The molecule has 106 valence electrons. The van der Waals surface area contributed by atoms with Crippen LogP contribution < -0.4 is 0 Å². The third kappa shape index (κ3) is 3.02. The van der Waals surface area contributed by atoms with Crippen LogP contribution in [0, 0.1) is 13.8 Å². The summed E-state index contributed by atoms with van der Waals surface area (Å²) in [6.07, 6.45) is 0. The fourth-order valence-corrected chi connectivity index (χ4v) is 4.37. The van der Waals surface area contributed by atoms with E-state index in [9.17, 15) is 8.42 Å². The Morgan fingerprint density at radius 1 is 1.05 bits per heavy atom. The second kappa shape index (κ2) is 5.52. The molecule has 1 aromatic carbocycles. The van der Waals surface area contributed by atoms with E-state index in [0.717, 1.165) is 28.7 Å². The van der Waals surface area contributed by atoms with Crippen LogP contribution in [0.3, 0.4) is 0 Å². The van der Waals surface area contributed by atoms with Crippen LogP contribution in [0.25, 0.3) is 0 Å². The molecule has 6 heteroatoms. The predicted molar refractivity (Wildman–Crippen MR) is 79.9 cm³/mol. The number of sulfonamides is 1. The van der Waals surface area contributed by atoms with Gasteiger partial charge in [0.05, 0.1) is 4.90 Å². The molecule has 0 bridgehead atoms. The van der Waals surface area contributed by atoms with Gasteiger partial charge in [0.25, 0.3) is 0 Å². The molecular formula is C13H19BrN2O2S. The smallest absolute Gasteiger partial charge is 0.243 e. The van der Waals surface area contributed by atoms with E-state index < -0.39 is 10.0 Å². The molecule has 0 amide bonds. The Morgan fingerprint density at radius 2 is 1.63 bits per heavy atom. The number of hydrogen-bond donors (Lipinski definition) is 0. The highest BCUT2D eigenvalue weighted by molar-refractivity contribution is 9.10. The van der Waals surface area contributed by atoms with Gasteiger partial charge in [0, 0.05) is 30.7 Å². The highest BCUT2D eigenvalue weighted by Gasteiger charge is 2.28. The van der Waals surface area contributed by atoms with Crippen molar-refractivity contribution in [1.29, 1.82) is 0 Å². The fourth-order valence-electron chi connectivity index (χ4n) is 2.20. The van der Waals surface area contributed by atoms with Gasteiger partial charge in [0.2, 0.25) is 10.0 Å². The van der Waals surface area contributed by atoms with E-state index in [4.69, 9.17) is 0 Å². The van der Waals surface area contributed by atoms with Crippen molar-refractivity contribution in [3.8, 4) is 0 Å². The van der Waals surface area contributed by atoms with Crippen LogP contribution in [-0.4, -0.2) is 50.8 Å². The van der Waals surface area contributed by atoms with E-state index in [2.05, 4.69) is 20.8 Å². The molecule has 1 saturated heterocycles. The summed E-state index contributed by atoms with van der Waals surface area (Å²) in [4.78, 5) is 2.57. The number of hydrogen-bond acceptors (Lipinski definition) is 3. The largest absolute Gasteiger partial charge is 0.304 e. The zero-order valence-electron chi connectivity index (χ0n) is 11.5. The maximum atomic E-state index is 12.7. The van der Waals surface area contributed by atoms with Crippen LogP contribution in [0.5, 0.6) is 0 Å². The molecule has 19 heavy (non-hydrogen) atoms. The first kappa shape index (κ1) is 15.0. The van der Waals surface area contributed by atoms with Crippen molar-refractivity contribution >= 4 is 26.0 Å². The summed E-state index contributed by atoms with van der Waals surface area (Å²) in [5.74, 6) is 0. The second-order valence-electron chi connectivity index (χ2n) is 5.07. The van der Waals surface area contributed by atoms with Crippen molar-refractivity contribution in [3.05, 3.63) is 27.7 Å². The quantitative estimate of drug-likeness (QED) is 0.822. The summed E-state index contributed by atoms with van der Waals surface area (Å²) in [5.41, 5.74) is 1.73. The van der Waals surface area contributed by atoms with Crippen molar-refractivity contribution in [2.24, 2.45) is 0 Å². The molecule has 0 aliphatic carbocycles. The first-order valence-electron chi connectivity index (χ1n) is 6.28. The Kier molecular flexibility index (Phi) is 4.35. The number of likely N-dealkylation sites (N-methyl/N-ethyl adjacent to an activating group) is 1. The molecular weight excluding hydrogens is 328 g/mol. The number of aryl methyl sites for hydroxylation is 2.